The molecule has 0 bridgehead atoms. The van der Waals surface area contributed by atoms with Crippen LogP contribution in [-0.2, 0) is 0 Å². The van der Waals surface area contributed by atoms with E-state index in [-0.39, 0.29) is 10.7 Å². The van der Waals surface area contributed by atoms with Crippen molar-refractivity contribution in [1.82, 2.24) is 9.38 Å². The summed E-state index contributed by atoms with van der Waals surface area (Å²) in [5.41, 5.74) is 0.659. The quantitative estimate of drug-likeness (QED) is 0.544. The lowest BCUT2D eigenvalue weighted by atomic mass is 10.3. The van der Waals surface area contributed by atoms with Crippen LogP contribution in [0.25, 0.3) is 5.65 Å². The molecule has 3 aromatic rings. The number of ether oxygens (including phenoxy) is 1. The summed E-state index contributed by atoms with van der Waals surface area (Å²) < 4.78 is 7.45. The number of halogens is 1. The number of benzene rings is 1. The van der Waals surface area contributed by atoms with Gasteiger partial charge in [-0.25, -0.2) is 4.98 Å². The lowest BCUT2D eigenvalue weighted by Gasteiger charge is -2.07. The summed E-state index contributed by atoms with van der Waals surface area (Å²) in [6.07, 6.45) is 5.30. The molecule has 0 unspecified atom stereocenters. The van der Waals surface area contributed by atoms with Gasteiger partial charge in [-0.05, 0) is 12.1 Å². The highest BCUT2D eigenvalue weighted by atomic mass is 35.5. The number of pyridine rings is 1. The Morgan fingerprint density at radius 2 is 2.10 bits per heavy atom. The first kappa shape index (κ1) is 12.4. The second kappa shape index (κ2) is 4.82. The number of non-ortho nitro benzene ring substituents is 1. The number of imidazole rings is 1. The van der Waals surface area contributed by atoms with Gasteiger partial charge in [0.15, 0.2) is 0 Å². The molecule has 0 aliphatic rings. The van der Waals surface area contributed by atoms with Crippen LogP contribution in [-0.4, -0.2) is 14.3 Å². The maximum atomic E-state index is 10.6. The Balaban J connectivity index is 1.92. The first-order valence-corrected chi connectivity index (χ1v) is 6.06. The molecule has 1 aromatic carbocycles. The predicted molar refractivity (Wildman–Crippen MR) is 73.4 cm³/mol. The monoisotopic (exact) mass is 289 g/mol. The average Bonchev–Trinajstić information content (AvgIpc) is 2.88. The molecule has 3 rings (SSSR count). The second-order valence-electron chi connectivity index (χ2n) is 4.03. The largest absolute Gasteiger partial charge is 0.456 e. The predicted octanol–water partition coefficient (Wildman–Crippen LogP) is 3.69. The van der Waals surface area contributed by atoms with Gasteiger partial charge >= 0.3 is 0 Å². The lowest BCUT2D eigenvalue weighted by Crippen LogP contribution is -1.91. The molecule has 0 saturated heterocycles. The number of rotatable bonds is 3. The van der Waals surface area contributed by atoms with Crippen LogP contribution >= 0.6 is 11.6 Å². The van der Waals surface area contributed by atoms with Gasteiger partial charge in [0.1, 0.15) is 17.1 Å². The van der Waals surface area contributed by atoms with Gasteiger partial charge in [-0.3, -0.25) is 10.1 Å². The lowest BCUT2D eigenvalue weighted by molar-refractivity contribution is -0.384. The molecule has 0 N–H and O–H groups in total. The van der Waals surface area contributed by atoms with Crippen LogP contribution in [0.3, 0.4) is 0 Å². The fourth-order valence-corrected chi connectivity index (χ4v) is 1.98. The zero-order valence-corrected chi connectivity index (χ0v) is 10.8. The van der Waals surface area contributed by atoms with Crippen molar-refractivity contribution in [2.45, 2.75) is 0 Å². The molecule has 2 aromatic heterocycles. The van der Waals surface area contributed by atoms with E-state index in [1.54, 1.807) is 24.5 Å². The van der Waals surface area contributed by atoms with E-state index in [1.807, 2.05) is 10.6 Å². The number of hydrogen-bond donors (Lipinski definition) is 0. The van der Waals surface area contributed by atoms with Gasteiger partial charge in [-0.15, -0.1) is 0 Å². The van der Waals surface area contributed by atoms with Crippen LogP contribution < -0.4 is 4.74 Å². The fraction of sp³-hybridized carbons (Fsp3) is 0. The van der Waals surface area contributed by atoms with Crippen LogP contribution in [0.15, 0.2) is 48.9 Å². The highest BCUT2D eigenvalue weighted by Gasteiger charge is 2.11. The number of fused-ring (bicyclic) bond motifs is 1. The van der Waals surface area contributed by atoms with E-state index in [2.05, 4.69) is 4.98 Å². The summed E-state index contributed by atoms with van der Waals surface area (Å²) in [5.74, 6) is 0.910. The highest BCUT2D eigenvalue weighted by molar-refractivity contribution is 6.32. The normalized spacial score (nSPS) is 10.7. The maximum absolute atomic E-state index is 10.6. The summed E-state index contributed by atoms with van der Waals surface area (Å²) in [6, 6.07) is 7.57. The van der Waals surface area contributed by atoms with Crippen LogP contribution in [0.4, 0.5) is 5.69 Å². The number of hydrogen-bond acceptors (Lipinski definition) is 4. The smallest absolute Gasteiger partial charge is 0.271 e. The highest BCUT2D eigenvalue weighted by Crippen LogP contribution is 2.32. The fourth-order valence-electron chi connectivity index (χ4n) is 1.77. The van der Waals surface area contributed by atoms with Crippen molar-refractivity contribution in [1.29, 1.82) is 0 Å². The molecule has 6 nitrogen and oxygen atoms in total. The van der Waals surface area contributed by atoms with Gasteiger partial charge in [0.05, 0.1) is 9.95 Å². The molecular formula is C13H8ClN3O3. The molecule has 0 amide bonds. The van der Waals surface area contributed by atoms with Gasteiger partial charge in [0.25, 0.3) is 5.69 Å². The molecule has 0 atom stereocenters. The standard InChI is InChI=1S/C13H8ClN3O3/c14-11-7-9(17(18)19)1-2-12(11)20-10-3-5-16-6-4-15-13(16)8-10/h1-8H. The Bertz CT molecular complexity index is 800. The first-order chi connectivity index (χ1) is 9.63. The molecule has 7 heteroatoms. The van der Waals surface area contributed by atoms with Gasteiger partial charge in [0.2, 0.25) is 0 Å². The number of aromatic nitrogens is 2. The zero-order valence-electron chi connectivity index (χ0n) is 10.1. The minimum atomic E-state index is -0.508. The van der Waals surface area contributed by atoms with E-state index >= 15 is 0 Å². The van der Waals surface area contributed by atoms with Crippen LogP contribution in [0, 0.1) is 10.1 Å². The average molecular weight is 290 g/mol. The van der Waals surface area contributed by atoms with Crippen molar-refractivity contribution < 1.29 is 9.66 Å². The molecule has 0 aliphatic heterocycles. The Morgan fingerprint density at radius 3 is 2.85 bits per heavy atom. The molecule has 0 spiro atoms. The number of nitro benzene ring substituents is 1. The van der Waals surface area contributed by atoms with Crippen molar-refractivity contribution >= 4 is 22.9 Å². The van der Waals surface area contributed by atoms with Crippen molar-refractivity contribution in [3.8, 4) is 11.5 Å². The van der Waals surface area contributed by atoms with E-state index in [9.17, 15) is 10.1 Å². The number of nitro groups is 1. The maximum Gasteiger partial charge on any atom is 0.271 e. The van der Waals surface area contributed by atoms with Gasteiger partial charge in [-0.2, -0.15) is 0 Å². The van der Waals surface area contributed by atoms with Gasteiger partial charge in [-0.1, -0.05) is 11.6 Å². The van der Waals surface area contributed by atoms with Crippen molar-refractivity contribution in [3.05, 3.63) is 64.1 Å². The summed E-state index contributed by atoms with van der Waals surface area (Å²) in [5, 5.41) is 10.8. The molecule has 2 heterocycles. The third kappa shape index (κ3) is 2.28. The molecule has 0 fully saturated rings. The SMILES string of the molecule is O=[N+]([O-])c1ccc(Oc2ccn3ccnc3c2)c(Cl)c1. The molecule has 100 valence electrons. The molecule has 0 aliphatic carbocycles. The van der Waals surface area contributed by atoms with E-state index in [1.165, 1.54) is 18.2 Å². The molecule has 0 radical (unpaired) electrons. The molecule has 0 saturated carbocycles. The van der Waals surface area contributed by atoms with Crippen LogP contribution in [0.1, 0.15) is 0 Å². The van der Waals surface area contributed by atoms with E-state index < -0.39 is 4.92 Å². The van der Waals surface area contributed by atoms with Crippen molar-refractivity contribution in [2.75, 3.05) is 0 Å². The Morgan fingerprint density at radius 1 is 1.25 bits per heavy atom. The second-order valence-corrected chi connectivity index (χ2v) is 4.44. The summed E-state index contributed by atoms with van der Waals surface area (Å²) in [7, 11) is 0. The molecule has 20 heavy (non-hydrogen) atoms. The Hall–Kier alpha value is -2.60. The zero-order chi connectivity index (χ0) is 14.1. The summed E-state index contributed by atoms with van der Waals surface area (Å²) >= 11 is 5.97. The molecular weight excluding hydrogens is 282 g/mol. The van der Waals surface area contributed by atoms with E-state index in [4.69, 9.17) is 16.3 Å². The van der Waals surface area contributed by atoms with Gasteiger partial charge < -0.3 is 9.14 Å². The minimum absolute atomic E-state index is 0.0777. The van der Waals surface area contributed by atoms with E-state index in [0.29, 0.717) is 11.5 Å². The van der Waals surface area contributed by atoms with Crippen molar-refractivity contribution in [3.63, 3.8) is 0 Å². The van der Waals surface area contributed by atoms with E-state index in [0.717, 1.165) is 5.65 Å². The summed E-state index contributed by atoms with van der Waals surface area (Å²) in [4.78, 5) is 14.3. The number of nitrogens with zero attached hydrogens (tertiary/aromatic N) is 3. The first-order valence-electron chi connectivity index (χ1n) is 5.68. The van der Waals surface area contributed by atoms with Crippen LogP contribution in [0.2, 0.25) is 5.02 Å². The topological polar surface area (TPSA) is 69.7 Å². The Kier molecular flexibility index (Phi) is 3.00. The van der Waals surface area contributed by atoms with Crippen molar-refractivity contribution in [2.24, 2.45) is 0 Å². The van der Waals surface area contributed by atoms with Crippen LogP contribution in [0.5, 0.6) is 11.5 Å². The van der Waals surface area contributed by atoms with Gasteiger partial charge in [0, 0.05) is 36.8 Å². The third-order valence-electron chi connectivity index (χ3n) is 2.72. The third-order valence-corrected chi connectivity index (χ3v) is 3.02. The summed E-state index contributed by atoms with van der Waals surface area (Å²) in [6.45, 7) is 0. The Labute approximate surface area is 118 Å². The minimum Gasteiger partial charge on any atom is -0.456 e.